The number of nitrogens with zero attached hydrogens (tertiary/aromatic N) is 1. The molecule has 0 heterocycles. The second kappa shape index (κ2) is 7.82. The highest BCUT2D eigenvalue weighted by molar-refractivity contribution is 5.92. The summed E-state index contributed by atoms with van der Waals surface area (Å²) in [6.45, 7) is 4.87. The van der Waals surface area contributed by atoms with Crippen molar-refractivity contribution < 1.29 is 4.79 Å². The Morgan fingerprint density at radius 2 is 2.18 bits per heavy atom. The largest absolute Gasteiger partial charge is 0.370 e. The third-order valence-corrected chi connectivity index (χ3v) is 3.61. The third kappa shape index (κ3) is 5.76. The number of hydrogen-bond donors (Lipinski definition) is 3. The summed E-state index contributed by atoms with van der Waals surface area (Å²) in [5, 5.41) is 6.06. The Bertz CT molecular complexity index is 535. The number of nitrogens with two attached hydrogens (primary N) is 1. The summed E-state index contributed by atoms with van der Waals surface area (Å²) in [6.07, 6.45) is 3.47. The van der Waals surface area contributed by atoms with E-state index in [1.54, 1.807) is 0 Å². The first kappa shape index (κ1) is 16.3. The van der Waals surface area contributed by atoms with E-state index in [0.29, 0.717) is 37.3 Å². The lowest BCUT2D eigenvalue weighted by atomic mass is 10.0. The van der Waals surface area contributed by atoms with Crippen LogP contribution in [0, 0.1) is 0 Å². The maximum atomic E-state index is 11.5. The maximum Gasteiger partial charge on any atom is 0.220 e. The van der Waals surface area contributed by atoms with Gasteiger partial charge in [-0.1, -0.05) is 26.0 Å². The number of guanidine groups is 1. The zero-order valence-corrected chi connectivity index (χ0v) is 13.4. The fourth-order valence-corrected chi connectivity index (χ4v) is 2.13. The molecule has 1 amide bonds. The van der Waals surface area contributed by atoms with Crippen molar-refractivity contribution in [2.45, 2.75) is 51.5 Å². The minimum absolute atomic E-state index is 0.119. The van der Waals surface area contributed by atoms with E-state index < -0.39 is 0 Å². The molecule has 0 radical (unpaired) electrons. The molecule has 1 saturated carbocycles. The van der Waals surface area contributed by atoms with Crippen molar-refractivity contribution in [3.05, 3.63) is 29.8 Å². The predicted molar refractivity (Wildman–Crippen MR) is 91.0 cm³/mol. The van der Waals surface area contributed by atoms with E-state index >= 15 is 0 Å². The number of carbonyl (C=O) groups is 1. The molecule has 0 unspecified atom stereocenters. The molecule has 120 valence electrons. The molecule has 0 bridgehead atoms. The SMILES string of the molecule is CC(C)c1cccc(NC(N)=NCCCC(=O)NC2CC2)c1. The molecular weight excluding hydrogens is 276 g/mol. The Kier molecular flexibility index (Phi) is 5.81. The third-order valence-electron chi connectivity index (χ3n) is 3.61. The average molecular weight is 302 g/mol. The van der Waals surface area contributed by atoms with Gasteiger partial charge in [-0.3, -0.25) is 9.79 Å². The summed E-state index contributed by atoms with van der Waals surface area (Å²) in [5.74, 6) is 0.988. The number of benzene rings is 1. The lowest BCUT2D eigenvalue weighted by Crippen LogP contribution is -2.25. The Morgan fingerprint density at radius 1 is 1.41 bits per heavy atom. The molecule has 1 fully saturated rings. The minimum Gasteiger partial charge on any atom is -0.370 e. The molecule has 0 aromatic heterocycles. The lowest BCUT2D eigenvalue weighted by Gasteiger charge is -2.10. The fourth-order valence-electron chi connectivity index (χ4n) is 2.13. The van der Waals surface area contributed by atoms with Crippen molar-refractivity contribution in [1.82, 2.24) is 5.32 Å². The second-order valence-electron chi connectivity index (χ2n) is 6.12. The average Bonchev–Trinajstić information content (AvgIpc) is 3.28. The zero-order chi connectivity index (χ0) is 15.9. The van der Waals surface area contributed by atoms with Crippen molar-refractivity contribution in [3.8, 4) is 0 Å². The monoisotopic (exact) mass is 302 g/mol. The Morgan fingerprint density at radius 3 is 2.86 bits per heavy atom. The molecule has 1 aromatic carbocycles. The van der Waals surface area contributed by atoms with Crippen LogP contribution in [0.4, 0.5) is 5.69 Å². The van der Waals surface area contributed by atoms with Crippen LogP contribution in [0.15, 0.2) is 29.3 Å². The van der Waals surface area contributed by atoms with Crippen molar-refractivity contribution >= 4 is 17.6 Å². The van der Waals surface area contributed by atoms with Crippen molar-refractivity contribution in [3.63, 3.8) is 0 Å². The van der Waals surface area contributed by atoms with Gasteiger partial charge in [0.05, 0.1) is 0 Å². The van der Waals surface area contributed by atoms with Crippen LogP contribution in [0.3, 0.4) is 0 Å². The van der Waals surface area contributed by atoms with Crippen LogP contribution in [0.5, 0.6) is 0 Å². The van der Waals surface area contributed by atoms with Crippen LogP contribution in [0.2, 0.25) is 0 Å². The highest BCUT2D eigenvalue weighted by atomic mass is 16.1. The number of hydrogen-bond acceptors (Lipinski definition) is 2. The number of amides is 1. The van der Waals surface area contributed by atoms with Crippen molar-refractivity contribution in [2.75, 3.05) is 11.9 Å². The molecule has 1 aliphatic rings. The van der Waals surface area contributed by atoms with E-state index in [9.17, 15) is 4.79 Å². The Labute approximate surface area is 132 Å². The summed E-state index contributed by atoms with van der Waals surface area (Å²) in [7, 11) is 0. The van der Waals surface area contributed by atoms with Crippen molar-refractivity contribution in [1.29, 1.82) is 0 Å². The normalized spacial score (nSPS) is 15.0. The number of nitrogens with one attached hydrogen (secondary N) is 2. The molecular formula is C17H26N4O. The highest BCUT2D eigenvalue weighted by Gasteiger charge is 2.22. The Hall–Kier alpha value is -2.04. The van der Waals surface area contributed by atoms with Gasteiger partial charge in [0.25, 0.3) is 0 Å². The molecule has 2 rings (SSSR count). The first-order valence-electron chi connectivity index (χ1n) is 8.01. The highest BCUT2D eigenvalue weighted by Crippen LogP contribution is 2.19. The van der Waals surface area contributed by atoms with E-state index in [4.69, 9.17) is 5.73 Å². The number of anilines is 1. The van der Waals surface area contributed by atoms with Crippen LogP contribution in [-0.2, 0) is 4.79 Å². The molecule has 5 heteroatoms. The van der Waals surface area contributed by atoms with Gasteiger partial charge in [-0.25, -0.2) is 0 Å². The van der Waals surface area contributed by atoms with Gasteiger partial charge in [-0.2, -0.15) is 0 Å². The van der Waals surface area contributed by atoms with Gasteiger partial charge in [0.2, 0.25) is 5.91 Å². The summed E-state index contributed by atoms with van der Waals surface area (Å²) in [5.41, 5.74) is 8.08. The van der Waals surface area contributed by atoms with Gasteiger partial charge in [-0.05, 0) is 42.9 Å². The molecule has 1 aliphatic carbocycles. The molecule has 0 atom stereocenters. The van der Waals surface area contributed by atoms with E-state index in [2.05, 4.69) is 41.6 Å². The van der Waals surface area contributed by atoms with E-state index in [-0.39, 0.29) is 5.91 Å². The van der Waals surface area contributed by atoms with Crippen LogP contribution in [-0.4, -0.2) is 24.5 Å². The van der Waals surface area contributed by atoms with Gasteiger partial charge in [-0.15, -0.1) is 0 Å². The van der Waals surface area contributed by atoms with E-state index in [1.165, 1.54) is 5.56 Å². The summed E-state index contributed by atoms with van der Waals surface area (Å²) in [6, 6.07) is 8.58. The first-order valence-corrected chi connectivity index (χ1v) is 8.01. The molecule has 0 spiro atoms. The van der Waals surface area contributed by atoms with Crippen molar-refractivity contribution in [2.24, 2.45) is 10.7 Å². The quantitative estimate of drug-likeness (QED) is 0.411. The van der Waals surface area contributed by atoms with Gasteiger partial charge < -0.3 is 16.4 Å². The fraction of sp³-hybridized carbons (Fsp3) is 0.529. The summed E-state index contributed by atoms with van der Waals surface area (Å²) >= 11 is 0. The topological polar surface area (TPSA) is 79.5 Å². The number of aliphatic imine (C=N–C) groups is 1. The molecule has 0 aliphatic heterocycles. The molecule has 1 aromatic rings. The number of rotatable bonds is 7. The van der Waals surface area contributed by atoms with E-state index in [1.807, 2.05) is 12.1 Å². The second-order valence-corrected chi connectivity index (χ2v) is 6.12. The minimum atomic E-state index is 0.119. The number of carbonyl (C=O) groups excluding carboxylic acids is 1. The first-order chi connectivity index (χ1) is 10.5. The van der Waals surface area contributed by atoms with Crippen LogP contribution in [0.25, 0.3) is 0 Å². The Balaban J connectivity index is 1.72. The van der Waals surface area contributed by atoms with Gasteiger partial charge in [0.1, 0.15) is 0 Å². The van der Waals surface area contributed by atoms with Crippen LogP contribution >= 0.6 is 0 Å². The van der Waals surface area contributed by atoms with E-state index in [0.717, 1.165) is 18.5 Å². The summed E-state index contributed by atoms with van der Waals surface area (Å²) < 4.78 is 0. The smallest absolute Gasteiger partial charge is 0.220 e. The van der Waals surface area contributed by atoms with Crippen LogP contribution < -0.4 is 16.4 Å². The molecule has 4 N–H and O–H groups in total. The standard InChI is InChI=1S/C17H26N4O/c1-12(2)13-5-3-6-15(11-13)21-17(18)19-10-4-7-16(22)20-14-8-9-14/h3,5-6,11-12,14H,4,7-10H2,1-2H3,(H,20,22)(H3,18,19,21). The molecule has 0 saturated heterocycles. The van der Waals surface area contributed by atoms with Crippen LogP contribution in [0.1, 0.15) is 51.0 Å². The van der Waals surface area contributed by atoms with Gasteiger partial charge in [0, 0.05) is 24.7 Å². The maximum absolute atomic E-state index is 11.5. The predicted octanol–water partition coefficient (Wildman–Crippen LogP) is 2.60. The van der Waals surface area contributed by atoms with Gasteiger partial charge in [0.15, 0.2) is 5.96 Å². The summed E-state index contributed by atoms with van der Waals surface area (Å²) in [4.78, 5) is 15.8. The zero-order valence-electron chi connectivity index (χ0n) is 13.4. The molecule has 22 heavy (non-hydrogen) atoms. The lowest BCUT2D eigenvalue weighted by molar-refractivity contribution is -0.121. The van der Waals surface area contributed by atoms with Gasteiger partial charge >= 0.3 is 0 Å². The molecule has 5 nitrogen and oxygen atoms in total.